The molecule has 0 heterocycles. The fourth-order valence-electron chi connectivity index (χ4n) is 2.09. The van der Waals surface area contributed by atoms with Crippen molar-refractivity contribution in [3.8, 4) is 0 Å². The number of aryl methyl sites for hydroxylation is 1. The maximum absolute atomic E-state index is 12.1. The molecule has 112 valence electrons. The van der Waals surface area contributed by atoms with Crippen LogP contribution in [-0.2, 0) is 4.79 Å². The minimum atomic E-state index is -0.666. The van der Waals surface area contributed by atoms with Crippen LogP contribution in [0.15, 0.2) is 24.3 Å². The Labute approximate surface area is 121 Å². The second-order valence-electron chi connectivity index (χ2n) is 5.47. The Morgan fingerprint density at radius 2 is 1.85 bits per heavy atom. The molecule has 0 aromatic heterocycles. The lowest BCUT2D eigenvalue weighted by atomic mass is 9.83. The summed E-state index contributed by atoms with van der Waals surface area (Å²) in [6.07, 6.45) is 1.64. The van der Waals surface area contributed by atoms with Crippen molar-refractivity contribution in [1.82, 2.24) is 5.32 Å². The first-order valence-corrected chi connectivity index (χ1v) is 7.18. The Kier molecular flexibility index (Phi) is 6.17. The SMILES string of the molecule is CCC(CC)(CO)CNC(=O)C(N)c1ccc(C)cc1. The van der Waals surface area contributed by atoms with Gasteiger partial charge in [-0.3, -0.25) is 4.79 Å². The molecule has 4 heteroatoms. The van der Waals surface area contributed by atoms with Crippen LogP contribution in [0.5, 0.6) is 0 Å². The van der Waals surface area contributed by atoms with Crippen LogP contribution in [0, 0.1) is 12.3 Å². The molecule has 0 aliphatic carbocycles. The van der Waals surface area contributed by atoms with Crippen molar-refractivity contribution in [1.29, 1.82) is 0 Å². The molecule has 1 amide bonds. The van der Waals surface area contributed by atoms with Gasteiger partial charge in [0, 0.05) is 12.0 Å². The van der Waals surface area contributed by atoms with E-state index in [-0.39, 0.29) is 17.9 Å². The molecule has 0 saturated heterocycles. The number of carbonyl (C=O) groups excluding carboxylic acids is 1. The predicted molar refractivity (Wildman–Crippen MR) is 81.2 cm³/mol. The number of nitrogens with two attached hydrogens (primary N) is 1. The molecular formula is C16H26N2O2. The molecule has 0 aliphatic rings. The molecule has 1 rings (SSSR count). The summed E-state index contributed by atoms with van der Waals surface area (Å²) in [6, 6.07) is 6.97. The van der Waals surface area contributed by atoms with Crippen molar-refractivity contribution >= 4 is 5.91 Å². The summed E-state index contributed by atoms with van der Waals surface area (Å²) in [7, 11) is 0. The third-order valence-electron chi connectivity index (χ3n) is 4.19. The van der Waals surface area contributed by atoms with Crippen LogP contribution in [-0.4, -0.2) is 24.2 Å². The van der Waals surface area contributed by atoms with Crippen molar-refractivity contribution in [2.45, 2.75) is 39.7 Å². The van der Waals surface area contributed by atoms with E-state index >= 15 is 0 Å². The van der Waals surface area contributed by atoms with Crippen molar-refractivity contribution in [2.24, 2.45) is 11.1 Å². The van der Waals surface area contributed by atoms with E-state index in [9.17, 15) is 9.90 Å². The van der Waals surface area contributed by atoms with Gasteiger partial charge in [-0.1, -0.05) is 43.7 Å². The fraction of sp³-hybridized carbons (Fsp3) is 0.562. The predicted octanol–water partition coefficient (Wildman–Crippen LogP) is 1.91. The zero-order chi connectivity index (χ0) is 15.2. The molecule has 0 spiro atoms. The molecule has 1 aromatic rings. The van der Waals surface area contributed by atoms with Crippen molar-refractivity contribution in [3.63, 3.8) is 0 Å². The smallest absolute Gasteiger partial charge is 0.241 e. The number of aliphatic hydroxyl groups is 1. The number of rotatable bonds is 7. The first-order chi connectivity index (χ1) is 9.48. The van der Waals surface area contributed by atoms with Crippen LogP contribution < -0.4 is 11.1 Å². The van der Waals surface area contributed by atoms with Gasteiger partial charge in [-0.15, -0.1) is 0 Å². The first kappa shape index (κ1) is 16.7. The van der Waals surface area contributed by atoms with Crippen molar-refractivity contribution in [3.05, 3.63) is 35.4 Å². The zero-order valence-corrected chi connectivity index (χ0v) is 12.6. The third-order valence-corrected chi connectivity index (χ3v) is 4.19. The molecule has 0 aliphatic heterocycles. The minimum Gasteiger partial charge on any atom is -0.396 e. The topological polar surface area (TPSA) is 75.3 Å². The average molecular weight is 278 g/mol. The van der Waals surface area contributed by atoms with Crippen LogP contribution in [0.25, 0.3) is 0 Å². The van der Waals surface area contributed by atoms with E-state index in [0.717, 1.165) is 24.0 Å². The van der Waals surface area contributed by atoms with Gasteiger partial charge in [0.15, 0.2) is 0 Å². The monoisotopic (exact) mass is 278 g/mol. The van der Waals surface area contributed by atoms with Gasteiger partial charge in [-0.05, 0) is 25.3 Å². The molecule has 1 atom stereocenters. The minimum absolute atomic E-state index is 0.0695. The molecule has 1 aromatic carbocycles. The van der Waals surface area contributed by atoms with Crippen molar-refractivity contribution < 1.29 is 9.90 Å². The quantitative estimate of drug-likeness (QED) is 0.713. The van der Waals surface area contributed by atoms with E-state index < -0.39 is 6.04 Å². The highest BCUT2D eigenvalue weighted by Crippen LogP contribution is 2.24. The fourth-order valence-corrected chi connectivity index (χ4v) is 2.09. The maximum atomic E-state index is 12.1. The van der Waals surface area contributed by atoms with E-state index in [2.05, 4.69) is 5.32 Å². The van der Waals surface area contributed by atoms with Gasteiger partial charge >= 0.3 is 0 Å². The average Bonchev–Trinajstić information content (AvgIpc) is 2.49. The van der Waals surface area contributed by atoms with Gasteiger partial charge in [0.1, 0.15) is 6.04 Å². The third kappa shape index (κ3) is 4.05. The summed E-state index contributed by atoms with van der Waals surface area (Å²) in [4.78, 5) is 12.1. The van der Waals surface area contributed by atoms with Gasteiger partial charge in [-0.25, -0.2) is 0 Å². The maximum Gasteiger partial charge on any atom is 0.241 e. The number of hydrogen-bond donors (Lipinski definition) is 3. The first-order valence-electron chi connectivity index (χ1n) is 7.18. The lowest BCUT2D eigenvalue weighted by Gasteiger charge is -2.30. The largest absolute Gasteiger partial charge is 0.396 e. The Hall–Kier alpha value is -1.39. The Morgan fingerprint density at radius 3 is 2.30 bits per heavy atom. The summed E-state index contributed by atoms with van der Waals surface area (Å²) in [5.74, 6) is -0.200. The van der Waals surface area contributed by atoms with Crippen LogP contribution >= 0.6 is 0 Å². The van der Waals surface area contributed by atoms with Crippen LogP contribution in [0.2, 0.25) is 0 Å². The number of aliphatic hydroxyl groups excluding tert-OH is 1. The van der Waals surface area contributed by atoms with E-state index in [4.69, 9.17) is 5.73 Å². The zero-order valence-electron chi connectivity index (χ0n) is 12.6. The molecule has 20 heavy (non-hydrogen) atoms. The summed E-state index contributed by atoms with van der Waals surface area (Å²) in [5, 5.41) is 12.4. The van der Waals surface area contributed by atoms with Gasteiger partial charge in [0.25, 0.3) is 0 Å². The summed E-state index contributed by atoms with van der Waals surface area (Å²) in [6.45, 7) is 6.56. The van der Waals surface area contributed by atoms with E-state index in [1.165, 1.54) is 0 Å². The van der Waals surface area contributed by atoms with E-state index in [1.54, 1.807) is 0 Å². The Bertz CT molecular complexity index is 416. The molecule has 0 bridgehead atoms. The summed E-state index contributed by atoms with van der Waals surface area (Å²) < 4.78 is 0. The van der Waals surface area contributed by atoms with Crippen LogP contribution in [0.1, 0.15) is 43.9 Å². The summed E-state index contributed by atoms with van der Waals surface area (Å²) >= 11 is 0. The van der Waals surface area contributed by atoms with E-state index in [1.807, 2.05) is 45.0 Å². The highest BCUT2D eigenvalue weighted by atomic mass is 16.3. The Morgan fingerprint density at radius 1 is 1.30 bits per heavy atom. The lowest BCUT2D eigenvalue weighted by Crippen LogP contribution is -2.42. The van der Waals surface area contributed by atoms with Gasteiger partial charge < -0.3 is 16.2 Å². The highest BCUT2D eigenvalue weighted by Gasteiger charge is 2.27. The molecule has 0 saturated carbocycles. The normalized spacial score (nSPS) is 13.1. The summed E-state index contributed by atoms with van der Waals surface area (Å²) in [5.41, 5.74) is 7.66. The van der Waals surface area contributed by atoms with Crippen molar-refractivity contribution in [2.75, 3.05) is 13.2 Å². The molecule has 1 unspecified atom stereocenters. The molecule has 0 radical (unpaired) electrons. The number of hydrogen-bond acceptors (Lipinski definition) is 3. The van der Waals surface area contributed by atoms with Gasteiger partial charge in [0.2, 0.25) is 5.91 Å². The van der Waals surface area contributed by atoms with Gasteiger partial charge in [0.05, 0.1) is 6.61 Å². The molecule has 0 fully saturated rings. The molecule has 4 N–H and O–H groups in total. The second-order valence-corrected chi connectivity index (χ2v) is 5.47. The molecular weight excluding hydrogens is 252 g/mol. The highest BCUT2D eigenvalue weighted by molar-refractivity contribution is 5.82. The number of benzene rings is 1. The lowest BCUT2D eigenvalue weighted by molar-refractivity contribution is -0.123. The van der Waals surface area contributed by atoms with Crippen LogP contribution in [0.3, 0.4) is 0 Å². The number of nitrogens with one attached hydrogen (secondary N) is 1. The molecule has 4 nitrogen and oxygen atoms in total. The van der Waals surface area contributed by atoms with Gasteiger partial charge in [-0.2, -0.15) is 0 Å². The number of amides is 1. The van der Waals surface area contributed by atoms with E-state index in [0.29, 0.717) is 6.54 Å². The Balaban J connectivity index is 2.64. The second kappa shape index (κ2) is 7.41. The van der Waals surface area contributed by atoms with Crippen LogP contribution in [0.4, 0.5) is 0 Å². The standard InChI is InChI=1S/C16H26N2O2/c1-4-16(5-2,11-19)10-18-15(20)14(17)13-8-6-12(3)7-9-13/h6-9,14,19H,4-5,10-11,17H2,1-3H3,(H,18,20). The number of carbonyl (C=O) groups is 1.